The summed E-state index contributed by atoms with van der Waals surface area (Å²) < 4.78 is 0. The lowest BCUT2D eigenvalue weighted by Gasteiger charge is -2.16. The third kappa shape index (κ3) is 4.50. The van der Waals surface area contributed by atoms with Gasteiger partial charge >= 0.3 is 0 Å². The summed E-state index contributed by atoms with van der Waals surface area (Å²) in [6, 6.07) is 17.4. The molecule has 0 radical (unpaired) electrons. The molecule has 0 nitrogen and oxygen atoms in total. The van der Waals surface area contributed by atoms with Gasteiger partial charge in [-0.15, -0.1) is 0 Å². The number of hydrogen-bond acceptors (Lipinski definition) is 0. The summed E-state index contributed by atoms with van der Waals surface area (Å²) in [4.78, 5) is 0. The Morgan fingerprint density at radius 3 is 1.65 bits per heavy atom. The van der Waals surface area contributed by atoms with E-state index in [2.05, 4.69) is 56.0 Å². The SMILES string of the molecule is C[Si](C)(C)c1ccc(CCCc2ccc(Cl)cc2)cc1. The minimum atomic E-state index is -1.16. The second-order valence-electron chi connectivity index (χ2n) is 6.43. The van der Waals surface area contributed by atoms with E-state index in [-0.39, 0.29) is 0 Å². The van der Waals surface area contributed by atoms with Crippen LogP contribution in [0.4, 0.5) is 0 Å². The van der Waals surface area contributed by atoms with Crippen molar-refractivity contribution in [3.05, 3.63) is 64.7 Å². The Balaban J connectivity index is 1.87. The molecule has 0 N–H and O–H groups in total. The minimum Gasteiger partial charge on any atom is -0.0843 e. The van der Waals surface area contributed by atoms with E-state index in [9.17, 15) is 0 Å². The van der Waals surface area contributed by atoms with E-state index in [1.165, 1.54) is 17.5 Å². The fourth-order valence-electron chi connectivity index (χ4n) is 2.32. The van der Waals surface area contributed by atoms with Crippen LogP contribution in [0, 0.1) is 0 Å². The largest absolute Gasteiger partial charge is 0.0843 e. The summed E-state index contributed by atoms with van der Waals surface area (Å²) in [6.07, 6.45) is 3.45. The van der Waals surface area contributed by atoms with Gasteiger partial charge < -0.3 is 0 Å². The molecule has 106 valence electrons. The van der Waals surface area contributed by atoms with Crippen molar-refractivity contribution < 1.29 is 0 Å². The Kier molecular flexibility index (Phi) is 5.06. The molecule has 20 heavy (non-hydrogen) atoms. The van der Waals surface area contributed by atoms with E-state index >= 15 is 0 Å². The van der Waals surface area contributed by atoms with E-state index in [0.717, 1.165) is 17.9 Å². The first-order valence-electron chi connectivity index (χ1n) is 7.29. The van der Waals surface area contributed by atoms with Gasteiger partial charge in [0.15, 0.2) is 0 Å². The molecule has 0 fully saturated rings. The Hall–Kier alpha value is -1.05. The third-order valence-corrected chi connectivity index (χ3v) is 5.98. The van der Waals surface area contributed by atoms with Gasteiger partial charge in [-0.05, 0) is 42.5 Å². The van der Waals surface area contributed by atoms with Crippen LogP contribution in [0.1, 0.15) is 17.5 Å². The van der Waals surface area contributed by atoms with Crippen molar-refractivity contribution in [2.45, 2.75) is 38.9 Å². The fraction of sp³-hybridized carbons (Fsp3) is 0.333. The smallest absolute Gasteiger partial charge is 0.0775 e. The average molecular weight is 303 g/mol. The predicted molar refractivity (Wildman–Crippen MR) is 92.9 cm³/mol. The molecular weight excluding hydrogens is 280 g/mol. The molecule has 0 bridgehead atoms. The van der Waals surface area contributed by atoms with Crippen molar-refractivity contribution in [3.63, 3.8) is 0 Å². The van der Waals surface area contributed by atoms with Crippen LogP contribution >= 0.6 is 11.6 Å². The van der Waals surface area contributed by atoms with E-state index in [1.54, 1.807) is 5.19 Å². The van der Waals surface area contributed by atoms with Gasteiger partial charge in [-0.25, -0.2) is 0 Å². The maximum Gasteiger partial charge on any atom is 0.0775 e. The molecule has 0 aliphatic rings. The van der Waals surface area contributed by atoms with E-state index in [0.29, 0.717) is 0 Å². The topological polar surface area (TPSA) is 0 Å². The van der Waals surface area contributed by atoms with Crippen molar-refractivity contribution in [2.24, 2.45) is 0 Å². The van der Waals surface area contributed by atoms with Gasteiger partial charge in [-0.1, -0.05) is 72.8 Å². The summed E-state index contributed by atoms with van der Waals surface area (Å²) in [6.45, 7) is 7.17. The summed E-state index contributed by atoms with van der Waals surface area (Å²) in [7, 11) is -1.16. The second kappa shape index (κ2) is 6.60. The van der Waals surface area contributed by atoms with Crippen LogP contribution < -0.4 is 5.19 Å². The predicted octanol–water partition coefficient (Wildman–Crippen LogP) is 5.06. The maximum absolute atomic E-state index is 5.90. The van der Waals surface area contributed by atoms with Gasteiger partial charge in [-0.3, -0.25) is 0 Å². The van der Waals surface area contributed by atoms with Gasteiger partial charge in [0.05, 0.1) is 8.07 Å². The quantitative estimate of drug-likeness (QED) is 0.677. The summed E-state index contributed by atoms with van der Waals surface area (Å²) in [5.41, 5.74) is 2.81. The zero-order chi connectivity index (χ0) is 14.6. The maximum atomic E-state index is 5.90. The molecule has 0 aliphatic carbocycles. The number of halogens is 1. The number of hydrogen-bond donors (Lipinski definition) is 0. The van der Waals surface area contributed by atoms with Crippen LogP contribution in [0.15, 0.2) is 48.5 Å². The molecule has 2 rings (SSSR count). The van der Waals surface area contributed by atoms with Crippen LogP contribution in [0.25, 0.3) is 0 Å². The first-order valence-corrected chi connectivity index (χ1v) is 11.2. The molecule has 2 aromatic rings. The van der Waals surface area contributed by atoms with Gasteiger partial charge in [0.1, 0.15) is 0 Å². The number of rotatable bonds is 5. The first kappa shape index (κ1) is 15.3. The van der Waals surface area contributed by atoms with Crippen LogP contribution in [-0.2, 0) is 12.8 Å². The monoisotopic (exact) mass is 302 g/mol. The summed E-state index contributed by atoms with van der Waals surface area (Å²) >= 11 is 5.90. The molecule has 0 saturated carbocycles. The molecule has 0 spiro atoms. The van der Waals surface area contributed by atoms with Crippen LogP contribution in [0.3, 0.4) is 0 Å². The highest BCUT2D eigenvalue weighted by atomic mass is 35.5. The van der Waals surface area contributed by atoms with Crippen molar-refractivity contribution >= 4 is 24.9 Å². The fourth-order valence-corrected chi connectivity index (χ4v) is 3.61. The highest BCUT2D eigenvalue weighted by Gasteiger charge is 2.15. The molecule has 0 amide bonds. The Bertz CT molecular complexity index is 535. The average Bonchev–Trinajstić information content (AvgIpc) is 2.41. The zero-order valence-corrected chi connectivity index (χ0v) is 14.4. The highest BCUT2D eigenvalue weighted by Crippen LogP contribution is 2.13. The standard InChI is InChI=1S/C18H23ClSi/c1-20(2,3)18-13-9-16(10-14-18)6-4-5-15-7-11-17(19)12-8-15/h7-14H,4-6H2,1-3H3. The van der Waals surface area contributed by atoms with Crippen molar-refractivity contribution in [1.29, 1.82) is 0 Å². The van der Waals surface area contributed by atoms with Gasteiger partial charge in [0, 0.05) is 5.02 Å². The Morgan fingerprint density at radius 1 is 0.750 bits per heavy atom. The van der Waals surface area contributed by atoms with Crippen molar-refractivity contribution in [3.8, 4) is 0 Å². The van der Waals surface area contributed by atoms with Crippen LogP contribution in [0.2, 0.25) is 24.7 Å². The van der Waals surface area contributed by atoms with Gasteiger partial charge in [-0.2, -0.15) is 0 Å². The number of benzene rings is 2. The summed E-state index contributed by atoms with van der Waals surface area (Å²) in [5, 5.41) is 2.36. The molecule has 2 heteroatoms. The number of aryl methyl sites for hydroxylation is 2. The first-order chi connectivity index (χ1) is 9.45. The Labute approximate surface area is 128 Å². The Morgan fingerprint density at radius 2 is 1.20 bits per heavy atom. The van der Waals surface area contributed by atoms with Gasteiger partial charge in [0.2, 0.25) is 0 Å². The lowest BCUT2D eigenvalue weighted by molar-refractivity contribution is 0.821. The molecule has 0 aromatic heterocycles. The van der Waals surface area contributed by atoms with Gasteiger partial charge in [0.25, 0.3) is 0 Å². The van der Waals surface area contributed by atoms with Crippen molar-refractivity contribution in [1.82, 2.24) is 0 Å². The lowest BCUT2D eigenvalue weighted by atomic mass is 10.0. The zero-order valence-electron chi connectivity index (χ0n) is 12.6. The minimum absolute atomic E-state index is 0.815. The molecule has 0 atom stereocenters. The molecule has 0 unspecified atom stereocenters. The molecular formula is C18H23ClSi. The van der Waals surface area contributed by atoms with E-state index in [1.807, 2.05) is 12.1 Å². The molecule has 0 heterocycles. The van der Waals surface area contributed by atoms with E-state index < -0.39 is 8.07 Å². The summed E-state index contributed by atoms with van der Waals surface area (Å²) in [5.74, 6) is 0. The second-order valence-corrected chi connectivity index (χ2v) is 11.9. The molecule has 0 aliphatic heterocycles. The normalized spacial score (nSPS) is 11.6. The van der Waals surface area contributed by atoms with Crippen LogP contribution in [-0.4, -0.2) is 8.07 Å². The highest BCUT2D eigenvalue weighted by molar-refractivity contribution is 6.88. The molecule has 0 saturated heterocycles. The van der Waals surface area contributed by atoms with E-state index in [4.69, 9.17) is 11.6 Å². The van der Waals surface area contributed by atoms with Crippen molar-refractivity contribution in [2.75, 3.05) is 0 Å². The third-order valence-electron chi connectivity index (χ3n) is 3.66. The lowest BCUT2D eigenvalue weighted by Crippen LogP contribution is -2.37. The molecule has 2 aromatic carbocycles. The van der Waals surface area contributed by atoms with Crippen LogP contribution in [0.5, 0.6) is 0 Å².